The van der Waals surface area contributed by atoms with Gasteiger partial charge in [0.1, 0.15) is 5.69 Å². The molecule has 0 heterocycles. The number of amides is 1. The second-order valence-corrected chi connectivity index (χ2v) is 6.33. The molecule has 1 fully saturated rings. The quantitative estimate of drug-likeness (QED) is 0.403. The minimum atomic E-state index is -0.525. The zero-order chi connectivity index (χ0) is 16.4. The van der Waals surface area contributed by atoms with Crippen LogP contribution < -0.4 is 16.8 Å². The van der Waals surface area contributed by atoms with E-state index in [0.29, 0.717) is 16.5 Å². The molecule has 1 saturated carbocycles. The number of hydrogen-bond donors (Lipinski definition) is 3. The van der Waals surface area contributed by atoms with Crippen LogP contribution in [0.5, 0.6) is 0 Å². The smallest absolute Gasteiger partial charge is 0.297 e. The molecule has 7 nitrogen and oxygen atoms in total. The fourth-order valence-electron chi connectivity index (χ4n) is 3.08. The Bertz CT molecular complexity index is 627. The zero-order valence-electron chi connectivity index (χ0n) is 12.7. The monoisotopic (exact) mass is 406 g/mol. The number of benzene rings is 1. The number of nitrogens with zero attached hydrogens (tertiary/aromatic N) is 1. The van der Waals surface area contributed by atoms with Crippen LogP contribution in [0.25, 0.3) is 0 Å². The van der Waals surface area contributed by atoms with Crippen LogP contribution in [-0.2, 0) is 0 Å². The van der Waals surface area contributed by atoms with Crippen LogP contribution in [-0.4, -0.2) is 23.9 Å². The molecular weight excluding hydrogens is 388 g/mol. The van der Waals surface area contributed by atoms with E-state index < -0.39 is 4.92 Å². The van der Waals surface area contributed by atoms with E-state index in [1.54, 1.807) is 0 Å². The van der Waals surface area contributed by atoms with Crippen LogP contribution in [0.15, 0.2) is 10.5 Å². The third-order valence-corrected chi connectivity index (χ3v) is 4.83. The number of anilines is 1. The molecule has 9 heteroatoms. The largest absolute Gasteiger partial charge is 0.392 e. The van der Waals surface area contributed by atoms with Gasteiger partial charge in [-0.1, -0.05) is 12.8 Å². The number of carbonyl (C=O) groups is 1. The third kappa shape index (κ3) is 3.76. The lowest BCUT2D eigenvalue weighted by atomic mass is 9.77. The Kier molecular flexibility index (Phi) is 6.79. The summed E-state index contributed by atoms with van der Waals surface area (Å²) >= 11 is 3.20. The zero-order valence-corrected chi connectivity index (χ0v) is 15.1. The summed E-state index contributed by atoms with van der Waals surface area (Å²) in [4.78, 5) is 23.2. The van der Waals surface area contributed by atoms with E-state index in [1.165, 1.54) is 13.1 Å². The van der Waals surface area contributed by atoms with Gasteiger partial charge in [0.05, 0.1) is 10.5 Å². The number of nitrogen functional groups attached to an aromatic ring is 1. The lowest BCUT2D eigenvalue weighted by Gasteiger charge is -2.30. The maximum absolute atomic E-state index is 12.2. The lowest BCUT2D eigenvalue weighted by molar-refractivity contribution is -0.384. The van der Waals surface area contributed by atoms with Crippen LogP contribution in [0, 0.1) is 10.1 Å². The minimum absolute atomic E-state index is 0. The number of halogens is 2. The Balaban J connectivity index is 0.00000264. The molecule has 1 aliphatic rings. The van der Waals surface area contributed by atoms with E-state index >= 15 is 0 Å². The van der Waals surface area contributed by atoms with Crippen LogP contribution in [0.2, 0.25) is 0 Å². The molecule has 128 valence electrons. The van der Waals surface area contributed by atoms with E-state index in [4.69, 9.17) is 11.5 Å². The van der Waals surface area contributed by atoms with E-state index in [0.717, 1.165) is 19.3 Å². The highest BCUT2D eigenvalue weighted by Gasteiger charge is 2.35. The average Bonchev–Trinajstić information content (AvgIpc) is 2.49. The second kappa shape index (κ2) is 7.94. The highest BCUT2D eigenvalue weighted by Crippen LogP contribution is 2.44. The second-order valence-electron chi connectivity index (χ2n) is 5.47. The molecule has 0 aromatic heterocycles. The predicted molar refractivity (Wildman–Crippen MR) is 95.0 cm³/mol. The summed E-state index contributed by atoms with van der Waals surface area (Å²) in [5.41, 5.74) is 12.5. The fraction of sp³-hybridized carbons (Fsp3) is 0.500. The van der Waals surface area contributed by atoms with Crippen molar-refractivity contribution in [3.05, 3.63) is 31.8 Å². The van der Waals surface area contributed by atoms with Crippen molar-refractivity contribution in [2.45, 2.75) is 37.6 Å². The van der Waals surface area contributed by atoms with E-state index in [-0.39, 0.29) is 47.2 Å². The number of hydrogen-bond acceptors (Lipinski definition) is 5. The van der Waals surface area contributed by atoms with Gasteiger partial charge in [0.25, 0.3) is 11.6 Å². The Hall–Kier alpha value is -1.38. The summed E-state index contributed by atoms with van der Waals surface area (Å²) in [5, 5.41) is 14.1. The van der Waals surface area contributed by atoms with Gasteiger partial charge in [-0.2, -0.15) is 0 Å². The maximum Gasteiger partial charge on any atom is 0.297 e. The first-order valence-electron chi connectivity index (χ1n) is 7.12. The van der Waals surface area contributed by atoms with Gasteiger partial charge in [0.2, 0.25) is 0 Å². The molecule has 1 aliphatic carbocycles. The van der Waals surface area contributed by atoms with Crippen molar-refractivity contribution < 1.29 is 9.72 Å². The fourth-order valence-corrected chi connectivity index (χ4v) is 3.50. The Morgan fingerprint density at radius 3 is 2.57 bits per heavy atom. The molecule has 1 aromatic carbocycles. The molecule has 0 spiro atoms. The first-order chi connectivity index (χ1) is 10.4. The SMILES string of the molecule is CNC(=O)c1cc(Br)c(N)c([N+](=O)[O-])c1C1CCCCC1N.Cl. The molecule has 2 atom stereocenters. The van der Waals surface area contributed by atoms with Gasteiger partial charge in [-0.15, -0.1) is 12.4 Å². The van der Waals surface area contributed by atoms with Gasteiger partial charge >= 0.3 is 0 Å². The van der Waals surface area contributed by atoms with Crippen molar-refractivity contribution in [1.82, 2.24) is 5.32 Å². The summed E-state index contributed by atoms with van der Waals surface area (Å²) in [6, 6.07) is 1.33. The van der Waals surface area contributed by atoms with Crippen LogP contribution in [0.1, 0.15) is 47.5 Å². The molecular formula is C14H20BrClN4O3. The van der Waals surface area contributed by atoms with Crippen molar-refractivity contribution >= 4 is 45.6 Å². The van der Waals surface area contributed by atoms with Crippen molar-refractivity contribution in [3.8, 4) is 0 Å². The van der Waals surface area contributed by atoms with Gasteiger partial charge in [0.15, 0.2) is 0 Å². The topological polar surface area (TPSA) is 124 Å². The molecule has 5 N–H and O–H groups in total. The Labute approximate surface area is 148 Å². The minimum Gasteiger partial charge on any atom is -0.392 e. The molecule has 1 amide bonds. The number of nitro benzene ring substituents is 1. The average molecular weight is 408 g/mol. The molecule has 0 saturated heterocycles. The summed E-state index contributed by atoms with van der Waals surface area (Å²) in [5.74, 6) is -0.617. The number of nitro groups is 1. The normalized spacial score (nSPS) is 20.5. The summed E-state index contributed by atoms with van der Waals surface area (Å²) in [6.45, 7) is 0. The van der Waals surface area contributed by atoms with Gasteiger partial charge in [0, 0.05) is 29.0 Å². The number of rotatable bonds is 3. The molecule has 0 radical (unpaired) electrons. The van der Waals surface area contributed by atoms with Gasteiger partial charge in [-0.25, -0.2) is 0 Å². The third-order valence-electron chi connectivity index (χ3n) is 4.17. The molecule has 1 aromatic rings. The summed E-state index contributed by atoms with van der Waals surface area (Å²) in [7, 11) is 1.49. The predicted octanol–water partition coefficient (Wildman–Crippen LogP) is 2.71. The number of nitrogens with two attached hydrogens (primary N) is 2. The Morgan fingerprint density at radius 2 is 2.04 bits per heavy atom. The number of carbonyl (C=O) groups excluding carboxylic acids is 1. The van der Waals surface area contributed by atoms with Crippen molar-refractivity contribution in [1.29, 1.82) is 0 Å². The first-order valence-corrected chi connectivity index (χ1v) is 7.91. The molecule has 23 heavy (non-hydrogen) atoms. The highest BCUT2D eigenvalue weighted by atomic mass is 79.9. The van der Waals surface area contributed by atoms with Crippen molar-refractivity contribution in [2.24, 2.45) is 5.73 Å². The van der Waals surface area contributed by atoms with Crippen LogP contribution >= 0.6 is 28.3 Å². The molecule has 0 bridgehead atoms. The lowest BCUT2D eigenvalue weighted by Crippen LogP contribution is -2.34. The maximum atomic E-state index is 12.2. The highest BCUT2D eigenvalue weighted by molar-refractivity contribution is 9.10. The number of nitrogens with one attached hydrogen (secondary N) is 1. The summed E-state index contributed by atoms with van der Waals surface area (Å²) in [6.07, 6.45) is 3.42. The summed E-state index contributed by atoms with van der Waals surface area (Å²) < 4.78 is 0.339. The van der Waals surface area contributed by atoms with E-state index in [2.05, 4.69) is 21.2 Å². The van der Waals surface area contributed by atoms with E-state index in [1.807, 2.05) is 0 Å². The first kappa shape index (κ1) is 19.7. The van der Waals surface area contributed by atoms with Crippen molar-refractivity contribution in [2.75, 3.05) is 12.8 Å². The van der Waals surface area contributed by atoms with Gasteiger partial charge in [-0.05, 0) is 34.8 Å². The standard InChI is InChI=1S/C14H19BrN4O3.ClH/c1-18-14(20)8-6-9(15)12(17)13(19(21)22)11(8)7-4-2-3-5-10(7)16;/h6-7,10H,2-5,16-17H2,1H3,(H,18,20);1H. The van der Waals surface area contributed by atoms with E-state index in [9.17, 15) is 14.9 Å². The molecule has 2 rings (SSSR count). The van der Waals surface area contributed by atoms with Crippen LogP contribution in [0.3, 0.4) is 0 Å². The van der Waals surface area contributed by atoms with Crippen LogP contribution in [0.4, 0.5) is 11.4 Å². The van der Waals surface area contributed by atoms with Gasteiger partial charge < -0.3 is 16.8 Å². The molecule has 2 unspecified atom stereocenters. The van der Waals surface area contributed by atoms with Gasteiger partial charge in [-0.3, -0.25) is 14.9 Å². The Morgan fingerprint density at radius 1 is 1.43 bits per heavy atom. The molecule has 0 aliphatic heterocycles. The van der Waals surface area contributed by atoms with Crippen molar-refractivity contribution in [3.63, 3.8) is 0 Å².